The van der Waals surface area contributed by atoms with Crippen molar-refractivity contribution in [3.8, 4) is 0 Å². The highest BCUT2D eigenvalue weighted by atomic mass is 16.4. The Morgan fingerprint density at radius 3 is 2.41 bits per heavy atom. The molecule has 0 aliphatic rings. The molecule has 0 bridgehead atoms. The zero-order valence-corrected chi connectivity index (χ0v) is 13.1. The molecular weight excluding hydrogens is 286 g/mol. The maximum absolute atomic E-state index is 12.3. The summed E-state index contributed by atoms with van der Waals surface area (Å²) in [5, 5.41) is 9.01. The van der Waals surface area contributed by atoms with E-state index in [-0.39, 0.29) is 23.8 Å². The molecular formula is C16H19NO5. The molecule has 0 saturated heterocycles. The number of hydrogen-bond donors (Lipinski definition) is 1. The summed E-state index contributed by atoms with van der Waals surface area (Å²) in [6.07, 6.45) is 0.724. The van der Waals surface area contributed by atoms with E-state index in [4.69, 9.17) is 13.9 Å². The van der Waals surface area contributed by atoms with Gasteiger partial charge >= 0.3 is 5.97 Å². The highest BCUT2D eigenvalue weighted by molar-refractivity contribution is 5.91. The maximum atomic E-state index is 12.3. The maximum Gasteiger partial charge on any atom is 0.339 e. The molecule has 0 aliphatic heterocycles. The molecule has 0 aromatic carbocycles. The van der Waals surface area contributed by atoms with Crippen LogP contribution in [0.2, 0.25) is 0 Å². The molecule has 22 heavy (non-hydrogen) atoms. The second kappa shape index (κ2) is 6.09. The topological polar surface area (TPSA) is 83.9 Å². The number of rotatable bonds is 5. The summed E-state index contributed by atoms with van der Waals surface area (Å²) in [5.74, 6) is 0.497. The number of aromatic carboxylic acids is 1. The summed E-state index contributed by atoms with van der Waals surface area (Å²) in [6, 6.07) is 3.15. The minimum Gasteiger partial charge on any atom is -0.478 e. The largest absolute Gasteiger partial charge is 0.478 e. The van der Waals surface area contributed by atoms with E-state index in [1.54, 1.807) is 20.0 Å². The van der Waals surface area contributed by atoms with Crippen LogP contribution in [-0.4, -0.2) is 28.9 Å². The van der Waals surface area contributed by atoms with Gasteiger partial charge in [0.05, 0.1) is 6.54 Å². The molecule has 2 aromatic rings. The van der Waals surface area contributed by atoms with E-state index in [0.717, 1.165) is 17.7 Å². The average Bonchev–Trinajstić information content (AvgIpc) is 3.00. The van der Waals surface area contributed by atoms with Gasteiger partial charge in [-0.2, -0.15) is 0 Å². The van der Waals surface area contributed by atoms with Crippen LogP contribution in [0, 0.1) is 13.8 Å². The standard InChI is InChI=1S/C16H19NO5/c1-5-13-9(2)6-14(22-13)15(18)17(4)8-11-7-12(16(19)20)10(3)21-11/h6-7H,5,8H2,1-4H3,(H,19,20). The lowest BCUT2D eigenvalue weighted by Gasteiger charge is -2.13. The summed E-state index contributed by atoms with van der Waals surface area (Å²) in [5.41, 5.74) is 1.05. The van der Waals surface area contributed by atoms with E-state index in [0.29, 0.717) is 11.5 Å². The van der Waals surface area contributed by atoms with Gasteiger partial charge in [-0.25, -0.2) is 4.79 Å². The van der Waals surface area contributed by atoms with Gasteiger partial charge in [0.25, 0.3) is 5.91 Å². The first-order valence-corrected chi connectivity index (χ1v) is 7.00. The van der Waals surface area contributed by atoms with Crippen LogP contribution in [0.25, 0.3) is 0 Å². The Labute approximate surface area is 128 Å². The normalized spacial score (nSPS) is 10.7. The third-order valence-electron chi connectivity index (χ3n) is 3.49. The van der Waals surface area contributed by atoms with Gasteiger partial charge in [0.1, 0.15) is 22.8 Å². The van der Waals surface area contributed by atoms with Crippen molar-refractivity contribution in [3.63, 3.8) is 0 Å². The highest BCUT2D eigenvalue weighted by Gasteiger charge is 2.20. The van der Waals surface area contributed by atoms with E-state index >= 15 is 0 Å². The van der Waals surface area contributed by atoms with Crippen molar-refractivity contribution >= 4 is 11.9 Å². The average molecular weight is 305 g/mol. The van der Waals surface area contributed by atoms with Gasteiger partial charge < -0.3 is 18.8 Å². The van der Waals surface area contributed by atoms with Crippen LogP contribution in [0.1, 0.15) is 50.7 Å². The van der Waals surface area contributed by atoms with E-state index < -0.39 is 5.97 Å². The molecule has 0 aliphatic carbocycles. The van der Waals surface area contributed by atoms with E-state index in [1.807, 2.05) is 13.8 Å². The molecule has 0 unspecified atom stereocenters. The summed E-state index contributed by atoms with van der Waals surface area (Å²) in [4.78, 5) is 24.8. The molecule has 6 heteroatoms. The second-order valence-electron chi connectivity index (χ2n) is 5.22. The van der Waals surface area contributed by atoms with Gasteiger partial charge in [0.2, 0.25) is 0 Å². The molecule has 2 aromatic heterocycles. The van der Waals surface area contributed by atoms with E-state index in [1.165, 1.54) is 11.0 Å². The van der Waals surface area contributed by atoms with Gasteiger partial charge in [-0.05, 0) is 31.5 Å². The summed E-state index contributed by atoms with van der Waals surface area (Å²) in [7, 11) is 1.62. The Morgan fingerprint density at radius 1 is 1.23 bits per heavy atom. The van der Waals surface area contributed by atoms with E-state index in [9.17, 15) is 9.59 Å². The Bertz CT molecular complexity index is 710. The first kappa shape index (κ1) is 15.9. The van der Waals surface area contributed by atoms with Crippen LogP contribution in [0.4, 0.5) is 0 Å². The molecule has 1 N–H and O–H groups in total. The zero-order valence-electron chi connectivity index (χ0n) is 13.1. The van der Waals surface area contributed by atoms with Gasteiger partial charge in [-0.3, -0.25) is 4.79 Å². The molecule has 0 radical (unpaired) electrons. The van der Waals surface area contributed by atoms with Crippen molar-refractivity contribution in [2.75, 3.05) is 7.05 Å². The lowest BCUT2D eigenvalue weighted by atomic mass is 10.2. The predicted molar refractivity (Wildman–Crippen MR) is 79.0 cm³/mol. The first-order valence-electron chi connectivity index (χ1n) is 7.00. The second-order valence-corrected chi connectivity index (χ2v) is 5.22. The van der Waals surface area contributed by atoms with Crippen molar-refractivity contribution in [1.29, 1.82) is 0 Å². The summed E-state index contributed by atoms with van der Waals surface area (Å²) < 4.78 is 10.9. The lowest BCUT2D eigenvalue weighted by Crippen LogP contribution is -2.25. The van der Waals surface area contributed by atoms with Crippen LogP contribution in [0.15, 0.2) is 21.0 Å². The van der Waals surface area contributed by atoms with Crippen LogP contribution >= 0.6 is 0 Å². The Hall–Kier alpha value is -2.50. The number of amides is 1. The fourth-order valence-corrected chi connectivity index (χ4v) is 2.30. The quantitative estimate of drug-likeness (QED) is 0.918. The number of carboxylic acid groups (broad SMARTS) is 1. The molecule has 0 atom stereocenters. The smallest absolute Gasteiger partial charge is 0.339 e. The highest BCUT2D eigenvalue weighted by Crippen LogP contribution is 2.19. The lowest BCUT2D eigenvalue weighted by molar-refractivity contribution is 0.0693. The Balaban J connectivity index is 2.14. The molecule has 0 fully saturated rings. The van der Waals surface area contributed by atoms with Crippen molar-refractivity contribution in [2.24, 2.45) is 0 Å². The van der Waals surface area contributed by atoms with Gasteiger partial charge in [-0.1, -0.05) is 6.92 Å². The molecule has 118 valence electrons. The van der Waals surface area contributed by atoms with Crippen LogP contribution in [-0.2, 0) is 13.0 Å². The van der Waals surface area contributed by atoms with Crippen molar-refractivity contribution in [3.05, 3.63) is 46.3 Å². The molecule has 2 rings (SSSR count). The first-order chi connectivity index (χ1) is 10.3. The van der Waals surface area contributed by atoms with Crippen molar-refractivity contribution in [1.82, 2.24) is 4.90 Å². The van der Waals surface area contributed by atoms with Gasteiger partial charge in [-0.15, -0.1) is 0 Å². The van der Waals surface area contributed by atoms with E-state index in [2.05, 4.69) is 0 Å². The predicted octanol–water partition coefficient (Wildman–Crippen LogP) is 3.02. The third-order valence-corrected chi connectivity index (χ3v) is 3.49. The zero-order chi connectivity index (χ0) is 16.4. The summed E-state index contributed by atoms with van der Waals surface area (Å²) in [6.45, 7) is 5.61. The molecule has 1 amide bonds. The number of carboxylic acids is 1. The van der Waals surface area contributed by atoms with Crippen molar-refractivity contribution in [2.45, 2.75) is 33.7 Å². The number of hydrogen-bond acceptors (Lipinski definition) is 4. The minimum atomic E-state index is -1.05. The molecule has 2 heterocycles. The van der Waals surface area contributed by atoms with Crippen molar-refractivity contribution < 1.29 is 23.5 Å². The molecule has 0 saturated carbocycles. The van der Waals surface area contributed by atoms with Gasteiger partial charge in [0.15, 0.2) is 5.76 Å². The number of furan rings is 2. The fourth-order valence-electron chi connectivity index (χ4n) is 2.30. The van der Waals surface area contributed by atoms with Crippen LogP contribution in [0.5, 0.6) is 0 Å². The number of carbonyl (C=O) groups is 2. The van der Waals surface area contributed by atoms with Gasteiger partial charge in [0, 0.05) is 13.5 Å². The third kappa shape index (κ3) is 3.05. The Kier molecular flexibility index (Phi) is 4.40. The van der Waals surface area contributed by atoms with Crippen LogP contribution < -0.4 is 0 Å². The Morgan fingerprint density at radius 2 is 1.91 bits per heavy atom. The number of aryl methyl sites for hydroxylation is 3. The fraction of sp³-hybridized carbons (Fsp3) is 0.375. The number of nitrogens with zero attached hydrogens (tertiary/aromatic N) is 1. The SMILES string of the molecule is CCc1oc(C(=O)N(C)Cc2cc(C(=O)O)c(C)o2)cc1C. The number of carbonyl (C=O) groups excluding carboxylic acids is 1. The molecule has 0 spiro atoms. The minimum absolute atomic E-state index is 0.109. The van der Waals surface area contributed by atoms with Crippen LogP contribution in [0.3, 0.4) is 0 Å². The monoisotopic (exact) mass is 305 g/mol. The molecule has 6 nitrogen and oxygen atoms in total. The summed E-state index contributed by atoms with van der Waals surface area (Å²) >= 11 is 0.